The summed E-state index contributed by atoms with van der Waals surface area (Å²) in [6, 6.07) is 1.26. The number of nitrogens with two attached hydrogens (primary N) is 2. The van der Waals surface area contributed by atoms with Crippen molar-refractivity contribution < 1.29 is 4.39 Å². The quantitative estimate of drug-likeness (QED) is 0.765. The van der Waals surface area contributed by atoms with E-state index in [0.29, 0.717) is 28.0 Å². The van der Waals surface area contributed by atoms with E-state index in [-0.39, 0.29) is 22.9 Å². The summed E-state index contributed by atoms with van der Waals surface area (Å²) in [5.41, 5.74) is 6.85. The molecule has 2 saturated carbocycles. The molecule has 1 aliphatic heterocycles. The fourth-order valence-corrected chi connectivity index (χ4v) is 4.87. The molecule has 1 unspecified atom stereocenters. The number of piperidine rings is 1. The normalized spacial score (nSPS) is 24.0. The van der Waals surface area contributed by atoms with Crippen LogP contribution in [0.25, 0.3) is 10.9 Å². The van der Waals surface area contributed by atoms with Gasteiger partial charge in [-0.05, 0) is 50.5 Å². The number of nitrogens with zero attached hydrogens (tertiary/aromatic N) is 3. The van der Waals surface area contributed by atoms with Crippen LogP contribution in [0.15, 0.2) is 15.7 Å². The van der Waals surface area contributed by atoms with Crippen molar-refractivity contribution in [3.63, 3.8) is 0 Å². The molecule has 2 aliphatic carbocycles. The summed E-state index contributed by atoms with van der Waals surface area (Å²) >= 11 is 0. The van der Waals surface area contributed by atoms with Gasteiger partial charge in [0.25, 0.3) is 5.56 Å². The van der Waals surface area contributed by atoms with Gasteiger partial charge in [0.1, 0.15) is 5.82 Å². The van der Waals surface area contributed by atoms with Crippen molar-refractivity contribution in [3.8, 4) is 0 Å². The highest BCUT2D eigenvalue weighted by Crippen LogP contribution is 2.53. The maximum atomic E-state index is 15.2. The molecular weight excluding hydrogens is 349 g/mol. The molecule has 2 heterocycles. The monoisotopic (exact) mass is 373 g/mol. The van der Waals surface area contributed by atoms with Crippen LogP contribution in [-0.4, -0.2) is 28.4 Å². The van der Waals surface area contributed by atoms with Crippen molar-refractivity contribution in [2.24, 2.45) is 11.1 Å². The first-order valence-electron chi connectivity index (χ1n) is 9.57. The van der Waals surface area contributed by atoms with Crippen molar-refractivity contribution >= 4 is 16.6 Å². The van der Waals surface area contributed by atoms with Crippen molar-refractivity contribution in [1.82, 2.24) is 9.24 Å². The van der Waals surface area contributed by atoms with Crippen LogP contribution in [0.3, 0.4) is 0 Å². The summed E-state index contributed by atoms with van der Waals surface area (Å²) in [6.45, 7) is 3.14. The second-order valence-corrected chi connectivity index (χ2v) is 8.63. The van der Waals surface area contributed by atoms with E-state index in [1.807, 2.05) is 4.90 Å². The number of halogens is 1. The van der Waals surface area contributed by atoms with E-state index >= 15 is 4.39 Å². The lowest BCUT2D eigenvalue weighted by molar-refractivity contribution is 0.355. The number of rotatable bonds is 2. The van der Waals surface area contributed by atoms with Gasteiger partial charge in [0.15, 0.2) is 0 Å². The summed E-state index contributed by atoms with van der Waals surface area (Å²) in [5.74, 6) is 5.22. The van der Waals surface area contributed by atoms with E-state index in [1.165, 1.54) is 6.07 Å². The van der Waals surface area contributed by atoms with Gasteiger partial charge in [0.05, 0.1) is 16.6 Å². The first-order chi connectivity index (χ1) is 12.8. The van der Waals surface area contributed by atoms with Gasteiger partial charge in [-0.1, -0.05) is 0 Å². The Bertz CT molecular complexity index is 1080. The molecule has 1 aromatic carbocycles. The third-order valence-corrected chi connectivity index (χ3v) is 6.43. The summed E-state index contributed by atoms with van der Waals surface area (Å²) in [6.07, 6.45) is 4.93. The van der Waals surface area contributed by atoms with Crippen molar-refractivity contribution in [3.05, 3.63) is 38.3 Å². The Morgan fingerprint density at radius 1 is 1.26 bits per heavy atom. The van der Waals surface area contributed by atoms with E-state index < -0.39 is 17.1 Å². The second kappa shape index (κ2) is 5.34. The zero-order chi connectivity index (χ0) is 19.1. The number of hydrogen-bond donors (Lipinski definition) is 2. The van der Waals surface area contributed by atoms with E-state index in [2.05, 4.69) is 0 Å². The minimum atomic E-state index is -0.658. The Labute approximate surface area is 155 Å². The van der Waals surface area contributed by atoms with Crippen LogP contribution in [0.5, 0.6) is 0 Å². The lowest BCUT2D eigenvalue weighted by Gasteiger charge is -2.39. The summed E-state index contributed by atoms with van der Waals surface area (Å²) in [4.78, 5) is 27.2. The number of aryl methyl sites for hydroxylation is 1. The van der Waals surface area contributed by atoms with Crippen molar-refractivity contribution in [2.45, 2.75) is 51.1 Å². The highest BCUT2D eigenvalue weighted by atomic mass is 19.1. The minimum Gasteiger partial charge on any atom is -0.367 e. The Balaban J connectivity index is 1.77. The van der Waals surface area contributed by atoms with Crippen LogP contribution < -0.4 is 27.7 Å². The number of fused-ring (bicyclic) bond motifs is 1. The predicted octanol–water partition coefficient (Wildman–Crippen LogP) is 0.977. The summed E-state index contributed by atoms with van der Waals surface area (Å²) in [5, 5.41) is 0.158. The smallest absolute Gasteiger partial charge is 0.350 e. The largest absolute Gasteiger partial charge is 0.367 e. The van der Waals surface area contributed by atoms with Gasteiger partial charge in [0.2, 0.25) is 0 Å². The highest BCUT2D eigenvalue weighted by molar-refractivity contribution is 5.87. The zero-order valence-corrected chi connectivity index (χ0v) is 15.4. The Morgan fingerprint density at radius 2 is 1.96 bits per heavy atom. The van der Waals surface area contributed by atoms with Crippen LogP contribution in [-0.2, 0) is 0 Å². The van der Waals surface area contributed by atoms with E-state index in [4.69, 9.17) is 11.6 Å². The number of aromatic nitrogens is 2. The molecule has 27 heavy (non-hydrogen) atoms. The molecule has 3 aliphatic rings. The first-order valence-corrected chi connectivity index (χ1v) is 9.57. The van der Waals surface area contributed by atoms with Crippen molar-refractivity contribution in [1.29, 1.82) is 0 Å². The molecule has 7 nitrogen and oxygen atoms in total. The van der Waals surface area contributed by atoms with Crippen LogP contribution in [0.2, 0.25) is 0 Å². The lowest BCUT2D eigenvalue weighted by atomic mass is 9.91. The lowest BCUT2D eigenvalue weighted by Crippen LogP contribution is -2.49. The molecule has 8 heteroatoms. The number of anilines is 1. The van der Waals surface area contributed by atoms with Crippen LogP contribution in [0.1, 0.15) is 43.7 Å². The fraction of sp³-hybridized carbons (Fsp3) is 0.579. The molecule has 0 amide bonds. The Hall–Kier alpha value is -2.35. The van der Waals surface area contributed by atoms with Gasteiger partial charge < -0.3 is 16.5 Å². The summed E-state index contributed by atoms with van der Waals surface area (Å²) < 4.78 is 17.3. The van der Waals surface area contributed by atoms with Gasteiger partial charge in [-0.15, -0.1) is 0 Å². The molecule has 1 aromatic heterocycles. The zero-order valence-electron chi connectivity index (χ0n) is 15.4. The molecule has 0 radical (unpaired) electrons. The topological polar surface area (TPSA) is 99.3 Å². The maximum Gasteiger partial charge on any atom is 0.350 e. The molecular formula is C19H24FN5O2. The van der Waals surface area contributed by atoms with Gasteiger partial charge in [-0.2, -0.15) is 4.68 Å². The third-order valence-electron chi connectivity index (χ3n) is 6.43. The summed E-state index contributed by atoms with van der Waals surface area (Å²) in [7, 11) is 0. The standard InChI is InChI=1S/C19H24FN5O2/c1-10-15-13(17(26)25(22)18(27)24(15)12-2-3-12)6-14(20)16(10)23-8-11(21)7-19(9-23)4-5-19/h6,11-12H,2-5,7-9,21-22H2,1H3. The number of nitrogen functional groups attached to an aromatic ring is 1. The van der Waals surface area contributed by atoms with Gasteiger partial charge >= 0.3 is 5.69 Å². The minimum absolute atomic E-state index is 0.00147. The average Bonchev–Trinajstić information content (AvgIpc) is 3.52. The molecule has 3 fully saturated rings. The van der Waals surface area contributed by atoms with Crippen molar-refractivity contribution in [2.75, 3.05) is 23.8 Å². The molecule has 1 atom stereocenters. The predicted molar refractivity (Wildman–Crippen MR) is 102 cm³/mol. The third kappa shape index (κ3) is 2.42. The highest BCUT2D eigenvalue weighted by Gasteiger charge is 2.48. The number of benzene rings is 1. The Kier molecular flexibility index (Phi) is 3.32. The van der Waals surface area contributed by atoms with E-state index in [0.717, 1.165) is 38.6 Å². The molecule has 1 saturated heterocycles. The molecule has 0 bridgehead atoms. The average molecular weight is 373 g/mol. The maximum absolute atomic E-state index is 15.2. The fourth-order valence-electron chi connectivity index (χ4n) is 4.87. The van der Waals surface area contributed by atoms with Gasteiger partial charge in [-0.3, -0.25) is 9.36 Å². The molecule has 2 aromatic rings. The SMILES string of the molecule is Cc1c(N2CC(N)CC3(CC3)C2)c(F)cc2c(=O)n(N)c(=O)n(C3CC3)c12. The molecule has 5 rings (SSSR count). The number of hydrogen-bond acceptors (Lipinski definition) is 5. The first kappa shape index (κ1) is 16.8. The van der Waals surface area contributed by atoms with Gasteiger partial charge in [-0.25, -0.2) is 9.18 Å². The van der Waals surface area contributed by atoms with Crippen LogP contribution in [0.4, 0.5) is 10.1 Å². The molecule has 4 N–H and O–H groups in total. The van der Waals surface area contributed by atoms with E-state index in [1.54, 1.807) is 11.5 Å². The molecule has 1 spiro atoms. The Morgan fingerprint density at radius 3 is 2.59 bits per heavy atom. The van der Waals surface area contributed by atoms with Crippen LogP contribution >= 0.6 is 0 Å². The van der Waals surface area contributed by atoms with E-state index in [9.17, 15) is 9.59 Å². The molecule has 144 valence electrons. The second-order valence-electron chi connectivity index (χ2n) is 8.63. The van der Waals surface area contributed by atoms with Gasteiger partial charge in [0, 0.05) is 30.7 Å². The van der Waals surface area contributed by atoms with Crippen LogP contribution in [0, 0.1) is 18.2 Å².